The van der Waals surface area contributed by atoms with E-state index >= 15 is 0 Å². The molecule has 2 N–H and O–H groups in total. The molecule has 0 aliphatic heterocycles. The maximum absolute atomic E-state index is 11.8. The van der Waals surface area contributed by atoms with Crippen molar-refractivity contribution in [2.24, 2.45) is 0 Å². The number of carbonyl (C=O) groups excluding carboxylic acids is 1. The van der Waals surface area contributed by atoms with Crippen LogP contribution in [-0.2, 0) is 0 Å². The van der Waals surface area contributed by atoms with Crippen LogP contribution in [0.5, 0.6) is 0 Å². The maximum Gasteiger partial charge on any atom is 0.266 e. The van der Waals surface area contributed by atoms with Gasteiger partial charge in [0, 0.05) is 0 Å². The quantitative estimate of drug-likeness (QED) is 0.833. The van der Waals surface area contributed by atoms with Crippen LogP contribution in [0.2, 0.25) is 0 Å². The van der Waals surface area contributed by atoms with E-state index in [0.29, 0.717) is 21.3 Å². The number of thioether (sulfide) groups is 1. The zero-order valence-corrected chi connectivity index (χ0v) is 10.5. The monoisotopic (exact) mass is 264 g/mol. The molecule has 2 aromatic rings. The summed E-state index contributed by atoms with van der Waals surface area (Å²) in [4.78, 5) is 12.4. The first kappa shape index (κ1) is 11.7. The minimum atomic E-state index is -0.243. The molecule has 0 saturated heterocycles. The van der Waals surface area contributed by atoms with Gasteiger partial charge in [0.05, 0.1) is 4.88 Å². The summed E-state index contributed by atoms with van der Waals surface area (Å²) in [5.41, 5.74) is 0.363. The molecule has 0 aliphatic rings. The number of aromatic amines is 1. The predicted molar refractivity (Wildman–Crippen MR) is 67.4 cm³/mol. The Labute approximate surface area is 106 Å². The van der Waals surface area contributed by atoms with Crippen LogP contribution >= 0.6 is 23.1 Å². The van der Waals surface area contributed by atoms with E-state index in [0.717, 1.165) is 0 Å². The Bertz CT molecular complexity index is 568. The summed E-state index contributed by atoms with van der Waals surface area (Å²) in [6.07, 6.45) is 1.82. The van der Waals surface area contributed by atoms with Crippen molar-refractivity contribution in [3.63, 3.8) is 0 Å². The van der Waals surface area contributed by atoms with E-state index in [1.807, 2.05) is 17.7 Å². The number of nitriles is 1. The summed E-state index contributed by atoms with van der Waals surface area (Å²) in [7, 11) is 0. The average Bonchev–Trinajstić information content (AvgIpc) is 2.97. The molecule has 17 heavy (non-hydrogen) atoms. The number of rotatable bonds is 3. The molecule has 0 saturated carbocycles. The molecule has 0 spiro atoms. The molecule has 86 valence electrons. The van der Waals surface area contributed by atoms with E-state index in [1.54, 1.807) is 12.1 Å². The van der Waals surface area contributed by atoms with Gasteiger partial charge < -0.3 is 5.32 Å². The van der Waals surface area contributed by atoms with Crippen molar-refractivity contribution < 1.29 is 4.79 Å². The number of aromatic nitrogens is 2. The summed E-state index contributed by atoms with van der Waals surface area (Å²) >= 11 is 2.69. The van der Waals surface area contributed by atoms with Crippen LogP contribution in [0.25, 0.3) is 0 Å². The molecular weight excluding hydrogens is 256 g/mol. The molecule has 7 heteroatoms. The van der Waals surface area contributed by atoms with Crippen molar-refractivity contribution in [2.75, 3.05) is 11.6 Å². The molecule has 0 aromatic carbocycles. The third-order valence-corrected chi connectivity index (χ3v) is 3.57. The van der Waals surface area contributed by atoms with Gasteiger partial charge in [-0.1, -0.05) is 6.07 Å². The summed E-state index contributed by atoms with van der Waals surface area (Å²) < 4.78 is 0. The highest BCUT2D eigenvalue weighted by Crippen LogP contribution is 2.23. The van der Waals surface area contributed by atoms with Gasteiger partial charge in [-0.15, -0.1) is 23.1 Å². The third kappa shape index (κ3) is 2.33. The lowest BCUT2D eigenvalue weighted by Gasteiger charge is -2.00. The molecule has 0 aliphatic carbocycles. The number of thiophene rings is 1. The van der Waals surface area contributed by atoms with Gasteiger partial charge in [-0.3, -0.25) is 9.89 Å². The van der Waals surface area contributed by atoms with E-state index < -0.39 is 0 Å². The van der Waals surface area contributed by atoms with E-state index in [-0.39, 0.29) is 5.91 Å². The number of nitrogens with zero attached hydrogens (tertiary/aromatic N) is 2. The fourth-order valence-corrected chi connectivity index (χ4v) is 2.36. The van der Waals surface area contributed by atoms with E-state index in [9.17, 15) is 4.79 Å². The second-order valence-corrected chi connectivity index (χ2v) is 4.77. The minimum absolute atomic E-state index is 0.243. The van der Waals surface area contributed by atoms with Crippen molar-refractivity contribution in [2.45, 2.75) is 5.03 Å². The number of hydrogen-bond donors (Lipinski definition) is 2. The molecule has 1 amide bonds. The zero-order valence-electron chi connectivity index (χ0n) is 8.85. The number of anilines is 1. The van der Waals surface area contributed by atoms with Gasteiger partial charge in [-0.25, -0.2) is 0 Å². The topological polar surface area (TPSA) is 81.6 Å². The second-order valence-electron chi connectivity index (χ2n) is 3.03. The summed E-state index contributed by atoms with van der Waals surface area (Å²) in [6, 6.07) is 5.54. The minimum Gasteiger partial charge on any atom is -0.305 e. The summed E-state index contributed by atoms with van der Waals surface area (Å²) in [5.74, 6) is 0.100. The Balaban J connectivity index is 2.23. The van der Waals surface area contributed by atoms with E-state index in [2.05, 4.69) is 15.5 Å². The molecule has 0 fully saturated rings. The van der Waals surface area contributed by atoms with Crippen LogP contribution in [0.1, 0.15) is 15.2 Å². The van der Waals surface area contributed by atoms with Crippen molar-refractivity contribution in [1.29, 1.82) is 5.26 Å². The lowest BCUT2D eigenvalue weighted by atomic mass is 10.3. The van der Waals surface area contributed by atoms with Crippen LogP contribution in [0.15, 0.2) is 22.5 Å². The van der Waals surface area contributed by atoms with Crippen LogP contribution in [0, 0.1) is 11.3 Å². The number of carbonyl (C=O) groups is 1. The van der Waals surface area contributed by atoms with Crippen LogP contribution in [-0.4, -0.2) is 22.4 Å². The SMILES string of the molecule is CSc1n[nH]c(NC(=O)c2cccs2)c1C#N. The largest absolute Gasteiger partial charge is 0.305 e. The molecule has 2 rings (SSSR count). The lowest BCUT2D eigenvalue weighted by Crippen LogP contribution is -2.11. The third-order valence-electron chi connectivity index (χ3n) is 2.02. The van der Waals surface area contributed by atoms with Gasteiger partial charge in [0.25, 0.3) is 5.91 Å². The first-order valence-electron chi connectivity index (χ1n) is 4.63. The van der Waals surface area contributed by atoms with Gasteiger partial charge >= 0.3 is 0 Å². The van der Waals surface area contributed by atoms with E-state index in [4.69, 9.17) is 5.26 Å². The molecule has 5 nitrogen and oxygen atoms in total. The lowest BCUT2D eigenvalue weighted by molar-refractivity contribution is 0.103. The van der Waals surface area contributed by atoms with Gasteiger partial charge in [0.2, 0.25) is 0 Å². The van der Waals surface area contributed by atoms with Gasteiger partial charge in [0.15, 0.2) is 0 Å². The highest BCUT2D eigenvalue weighted by molar-refractivity contribution is 7.98. The Morgan fingerprint density at radius 3 is 3.12 bits per heavy atom. The van der Waals surface area contributed by atoms with Crippen LogP contribution in [0.4, 0.5) is 5.82 Å². The highest BCUT2D eigenvalue weighted by Gasteiger charge is 2.15. The molecule has 0 atom stereocenters. The van der Waals surface area contributed by atoms with Crippen molar-refractivity contribution in [3.8, 4) is 6.07 Å². The molecule has 2 heterocycles. The molecule has 0 unspecified atom stereocenters. The normalized spacial score (nSPS) is 9.88. The number of nitrogens with one attached hydrogen (secondary N) is 2. The van der Waals surface area contributed by atoms with Crippen molar-refractivity contribution in [1.82, 2.24) is 10.2 Å². The Morgan fingerprint density at radius 2 is 2.53 bits per heavy atom. The Kier molecular flexibility index (Phi) is 3.46. The summed E-state index contributed by atoms with van der Waals surface area (Å²) in [6.45, 7) is 0. The second kappa shape index (κ2) is 5.03. The highest BCUT2D eigenvalue weighted by atomic mass is 32.2. The number of H-pyrrole nitrogens is 1. The van der Waals surface area contributed by atoms with Gasteiger partial charge in [-0.2, -0.15) is 10.4 Å². The fourth-order valence-electron chi connectivity index (χ4n) is 1.25. The zero-order chi connectivity index (χ0) is 12.3. The number of hydrogen-bond acceptors (Lipinski definition) is 5. The summed E-state index contributed by atoms with van der Waals surface area (Å²) in [5, 5.41) is 20.6. The van der Waals surface area contributed by atoms with Gasteiger partial charge in [-0.05, 0) is 17.7 Å². The average molecular weight is 264 g/mol. The molecule has 0 bridgehead atoms. The van der Waals surface area contributed by atoms with Crippen LogP contribution in [0.3, 0.4) is 0 Å². The van der Waals surface area contributed by atoms with Crippen molar-refractivity contribution in [3.05, 3.63) is 28.0 Å². The predicted octanol–water partition coefficient (Wildman–Crippen LogP) is 2.32. The molecular formula is C10H8N4OS2. The molecule has 0 radical (unpaired) electrons. The molecule has 2 aromatic heterocycles. The number of amides is 1. The first-order valence-corrected chi connectivity index (χ1v) is 6.74. The van der Waals surface area contributed by atoms with E-state index in [1.165, 1.54) is 23.1 Å². The van der Waals surface area contributed by atoms with Crippen molar-refractivity contribution >= 4 is 34.8 Å². The van der Waals surface area contributed by atoms with Crippen LogP contribution < -0.4 is 5.32 Å². The van der Waals surface area contributed by atoms with Gasteiger partial charge in [0.1, 0.15) is 22.5 Å². The fraction of sp³-hybridized carbons (Fsp3) is 0.100. The standard InChI is InChI=1S/C10H8N4OS2/c1-16-10-6(5-11)8(13-14-10)12-9(15)7-3-2-4-17-7/h2-4H,1H3,(H2,12,13,14,15). The maximum atomic E-state index is 11.8. The smallest absolute Gasteiger partial charge is 0.266 e. The Hall–Kier alpha value is -1.78. The Morgan fingerprint density at radius 1 is 1.71 bits per heavy atom. The first-order chi connectivity index (χ1) is 8.26.